The second-order valence-corrected chi connectivity index (χ2v) is 11.5. The first-order valence-corrected chi connectivity index (χ1v) is 11.1. The summed E-state index contributed by atoms with van der Waals surface area (Å²) in [7, 11) is 1.37. The molecule has 0 radical (unpaired) electrons. The molecule has 0 saturated carbocycles. The molecule has 12 heteroatoms. The van der Waals surface area contributed by atoms with Crippen LogP contribution in [0.4, 0.5) is 0 Å². The molecule has 0 fully saturated rings. The molecule has 1 aliphatic rings. The fourth-order valence-corrected chi connectivity index (χ4v) is 3.48. The fourth-order valence-electron chi connectivity index (χ4n) is 2.82. The van der Waals surface area contributed by atoms with Crippen molar-refractivity contribution in [3.63, 3.8) is 0 Å². The largest absolute Gasteiger partial charge is 0.499 e. The van der Waals surface area contributed by atoms with E-state index in [0.717, 1.165) is 4.90 Å². The minimum absolute atomic E-state index is 0.00805. The first kappa shape index (κ1) is 26.9. The Balaban J connectivity index is 3.07. The molecule has 0 aliphatic carbocycles. The van der Waals surface area contributed by atoms with Crippen LogP contribution in [0.3, 0.4) is 0 Å². The quantitative estimate of drug-likeness (QED) is 0.433. The zero-order valence-corrected chi connectivity index (χ0v) is 20.4. The lowest BCUT2D eigenvalue weighted by Crippen LogP contribution is -2.52. The highest BCUT2D eigenvalue weighted by molar-refractivity contribution is 6.67. The van der Waals surface area contributed by atoms with Crippen LogP contribution in [0, 0.1) is 0 Å². The number of nitrogens with one attached hydrogen (secondary N) is 1. The Kier molecular flexibility index (Phi) is 10.7. The molecule has 0 unspecified atom stereocenters. The van der Waals surface area contributed by atoms with Gasteiger partial charge in [0, 0.05) is 12.5 Å². The van der Waals surface area contributed by atoms with Crippen LogP contribution < -0.4 is 5.32 Å². The molecule has 2 atom stereocenters. The van der Waals surface area contributed by atoms with Gasteiger partial charge in [-0.2, -0.15) is 0 Å². The van der Waals surface area contributed by atoms with E-state index in [1.807, 2.05) is 6.92 Å². The van der Waals surface area contributed by atoms with Crippen LogP contribution in [0.25, 0.3) is 0 Å². The van der Waals surface area contributed by atoms with Gasteiger partial charge in [-0.3, -0.25) is 19.3 Å². The number of imide groups is 1. The van der Waals surface area contributed by atoms with Crippen molar-refractivity contribution in [3.05, 3.63) is 11.8 Å². The minimum atomic E-state index is -1.62. The van der Waals surface area contributed by atoms with Gasteiger partial charge < -0.3 is 10.1 Å². The maximum Gasteiger partial charge on any atom is 0.257 e. The lowest BCUT2D eigenvalue weighted by atomic mass is 10.1. The standard InChI is InChI=1S/C17H22Cl6N2O4/c1-3-4-13(26)24-10(5-7-16(18,19)20)15(28)25-11(6-8-17(21,22)23)12(29-2)9-14(25)27/h9-11H,3-8H2,1-2H3,(H,24,26)/t10-,11+/m1/s1. The number of carbonyl (C=O) groups is 3. The van der Waals surface area contributed by atoms with E-state index in [9.17, 15) is 14.4 Å². The van der Waals surface area contributed by atoms with E-state index in [0.29, 0.717) is 6.42 Å². The molecule has 1 aliphatic heterocycles. The Hall–Kier alpha value is -0.110. The third-order valence-corrected chi connectivity index (χ3v) is 5.28. The summed E-state index contributed by atoms with van der Waals surface area (Å²) in [5.41, 5.74) is 0. The second-order valence-electron chi connectivity index (χ2n) is 6.49. The SMILES string of the molecule is CCCC(=O)N[C@H](CCC(Cl)(Cl)Cl)C(=O)N1C(=O)C=C(OC)[C@@H]1CCC(Cl)(Cl)Cl. The van der Waals surface area contributed by atoms with E-state index in [4.69, 9.17) is 74.3 Å². The summed E-state index contributed by atoms with van der Waals surface area (Å²) in [5.74, 6) is -1.33. The third-order valence-electron chi connectivity index (χ3n) is 4.14. The molecule has 166 valence electrons. The molecule has 6 nitrogen and oxygen atoms in total. The lowest BCUT2D eigenvalue weighted by molar-refractivity contribution is -0.146. The van der Waals surface area contributed by atoms with Crippen molar-refractivity contribution in [3.8, 4) is 0 Å². The van der Waals surface area contributed by atoms with Gasteiger partial charge in [0.1, 0.15) is 11.8 Å². The van der Waals surface area contributed by atoms with E-state index in [2.05, 4.69) is 5.32 Å². The molecule has 0 bridgehead atoms. The number of hydrogen-bond acceptors (Lipinski definition) is 4. The van der Waals surface area contributed by atoms with Crippen molar-refractivity contribution in [2.24, 2.45) is 0 Å². The molecule has 0 aromatic heterocycles. The molecular formula is C17H22Cl6N2O4. The highest BCUT2D eigenvalue weighted by atomic mass is 35.6. The molecule has 0 saturated heterocycles. The van der Waals surface area contributed by atoms with Gasteiger partial charge in [0.05, 0.1) is 13.2 Å². The van der Waals surface area contributed by atoms with E-state index >= 15 is 0 Å². The Morgan fingerprint density at radius 3 is 2.24 bits per heavy atom. The number of methoxy groups -OCH3 is 1. The van der Waals surface area contributed by atoms with Crippen molar-refractivity contribution >= 4 is 87.3 Å². The van der Waals surface area contributed by atoms with Gasteiger partial charge in [-0.25, -0.2) is 0 Å². The van der Waals surface area contributed by atoms with E-state index in [1.165, 1.54) is 13.2 Å². The molecule has 0 aromatic rings. The van der Waals surface area contributed by atoms with Gasteiger partial charge in [-0.05, 0) is 32.1 Å². The van der Waals surface area contributed by atoms with Crippen molar-refractivity contribution < 1.29 is 19.1 Å². The van der Waals surface area contributed by atoms with Gasteiger partial charge >= 0.3 is 0 Å². The highest BCUT2D eigenvalue weighted by Gasteiger charge is 2.42. The third kappa shape index (κ3) is 9.28. The monoisotopic (exact) mass is 528 g/mol. The van der Waals surface area contributed by atoms with Crippen LogP contribution in [-0.4, -0.2) is 49.4 Å². The van der Waals surface area contributed by atoms with E-state index < -0.39 is 31.5 Å². The smallest absolute Gasteiger partial charge is 0.257 e. The van der Waals surface area contributed by atoms with Crippen molar-refractivity contribution in [2.75, 3.05) is 7.11 Å². The van der Waals surface area contributed by atoms with Crippen LogP contribution in [0.15, 0.2) is 11.8 Å². The van der Waals surface area contributed by atoms with Crippen molar-refractivity contribution in [1.29, 1.82) is 0 Å². The number of alkyl halides is 6. The Morgan fingerprint density at radius 1 is 1.17 bits per heavy atom. The number of ether oxygens (including phenoxy) is 1. The Labute approximate surface area is 200 Å². The summed E-state index contributed by atoms with van der Waals surface area (Å²) in [6, 6.07) is -1.83. The number of halogens is 6. The Bertz CT molecular complexity index is 645. The Morgan fingerprint density at radius 2 is 1.76 bits per heavy atom. The predicted octanol–water partition coefficient (Wildman–Crippen LogP) is 4.84. The molecule has 1 heterocycles. The number of rotatable bonds is 9. The zero-order chi connectivity index (χ0) is 22.4. The first-order valence-electron chi connectivity index (χ1n) is 8.84. The number of carbonyl (C=O) groups excluding carboxylic acids is 3. The summed E-state index contributed by atoms with van der Waals surface area (Å²) < 4.78 is 2.04. The average molecular weight is 531 g/mol. The zero-order valence-electron chi connectivity index (χ0n) is 15.8. The van der Waals surface area contributed by atoms with E-state index in [-0.39, 0.29) is 43.8 Å². The van der Waals surface area contributed by atoms with Crippen LogP contribution in [0.2, 0.25) is 0 Å². The number of nitrogens with zero attached hydrogens (tertiary/aromatic N) is 1. The summed E-state index contributed by atoms with van der Waals surface area (Å²) in [5, 5.41) is 2.61. The molecule has 3 amide bonds. The average Bonchev–Trinajstić information content (AvgIpc) is 2.90. The highest BCUT2D eigenvalue weighted by Crippen LogP contribution is 2.36. The first-order chi connectivity index (χ1) is 13.3. The summed E-state index contributed by atoms with van der Waals surface area (Å²) >= 11 is 34.8. The van der Waals surface area contributed by atoms with Crippen LogP contribution in [0.5, 0.6) is 0 Å². The number of amides is 3. The maximum atomic E-state index is 13.2. The predicted molar refractivity (Wildman–Crippen MR) is 117 cm³/mol. The summed E-state index contributed by atoms with van der Waals surface area (Å²) in [6.45, 7) is 1.82. The fraction of sp³-hybridized carbons (Fsp3) is 0.706. The van der Waals surface area contributed by atoms with Gasteiger partial charge in [0.15, 0.2) is 7.59 Å². The van der Waals surface area contributed by atoms with Crippen LogP contribution in [0.1, 0.15) is 45.4 Å². The van der Waals surface area contributed by atoms with Crippen LogP contribution in [-0.2, 0) is 19.1 Å². The van der Waals surface area contributed by atoms with Crippen molar-refractivity contribution in [1.82, 2.24) is 10.2 Å². The minimum Gasteiger partial charge on any atom is -0.499 e. The second kappa shape index (κ2) is 11.5. The lowest BCUT2D eigenvalue weighted by Gasteiger charge is -2.30. The normalized spacial score (nSPS) is 18.5. The van der Waals surface area contributed by atoms with Gasteiger partial charge in [0.25, 0.3) is 11.8 Å². The van der Waals surface area contributed by atoms with E-state index in [1.54, 1.807) is 0 Å². The molecule has 0 spiro atoms. The molecule has 0 aromatic carbocycles. The number of hydrogen-bond donors (Lipinski definition) is 1. The molecule has 29 heavy (non-hydrogen) atoms. The summed E-state index contributed by atoms with van der Waals surface area (Å²) in [4.78, 5) is 38.8. The van der Waals surface area contributed by atoms with Crippen molar-refractivity contribution in [2.45, 2.75) is 65.1 Å². The van der Waals surface area contributed by atoms with Gasteiger partial charge in [0.2, 0.25) is 5.91 Å². The maximum absolute atomic E-state index is 13.2. The topological polar surface area (TPSA) is 75.7 Å². The summed E-state index contributed by atoms with van der Waals surface area (Å²) in [6.07, 6.45) is 2.24. The van der Waals surface area contributed by atoms with Crippen LogP contribution >= 0.6 is 69.6 Å². The molecular weight excluding hydrogens is 509 g/mol. The molecule has 1 N–H and O–H groups in total. The molecule has 1 rings (SSSR count). The van der Waals surface area contributed by atoms with Gasteiger partial charge in [-0.1, -0.05) is 76.5 Å². The van der Waals surface area contributed by atoms with Gasteiger partial charge in [-0.15, -0.1) is 0 Å².